The molecule has 3 aliphatic rings. The van der Waals surface area contributed by atoms with Gasteiger partial charge in [-0.1, -0.05) is 6.07 Å². The van der Waals surface area contributed by atoms with Crippen LogP contribution < -0.4 is 4.90 Å². The average Bonchev–Trinajstić information content (AvgIpc) is 2.98. The molecule has 1 aromatic carbocycles. The maximum Gasteiger partial charge on any atom is 0.411 e. The molecule has 1 aromatic heterocycles. The number of fused-ring (bicyclic) bond motifs is 2. The van der Waals surface area contributed by atoms with Crippen LogP contribution in [0.1, 0.15) is 16.2 Å². The van der Waals surface area contributed by atoms with Gasteiger partial charge in [0, 0.05) is 31.4 Å². The van der Waals surface area contributed by atoms with Crippen molar-refractivity contribution in [1.82, 2.24) is 19.8 Å². The highest BCUT2D eigenvalue weighted by molar-refractivity contribution is 5.94. The molecule has 3 fully saturated rings. The van der Waals surface area contributed by atoms with Gasteiger partial charge in [-0.2, -0.15) is 0 Å². The maximum atomic E-state index is 13.5. The van der Waals surface area contributed by atoms with E-state index >= 15 is 0 Å². The lowest BCUT2D eigenvalue weighted by Crippen LogP contribution is -2.71. The van der Waals surface area contributed by atoms with Crippen molar-refractivity contribution in [3.8, 4) is 0 Å². The Morgan fingerprint density at radius 3 is 2.86 bits per heavy atom. The van der Waals surface area contributed by atoms with Crippen molar-refractivity contribution < 1.29 is 18.7 Å². The summed E-state index contributed by atoms with van der Waals surface area (Å²) in [4.78, 5) is 39.2. The molecule has 3 aliphatic heterocycles. The van der Waals surface area contributed by atoms with E-state index in [4.69, 9.17) is 4.74 Å². The highest BCUT2D eigenvalue weighted by Crippen LogP contribution is 2.41. The SMILES string of the molecule is Cc1nccc(N2CC3(C2)OC(=O)N2CCN(C(=O)c4cccc(F)c4)CC23)n1. The van der Waals surface area contributed by atoms with Crippen LogP contribution in [0.4, 0.5) is 15.0 Å². The number of halogens is 1. The molecule has 5 rings (SSSR count). The van der Waals surface area contributed by atoms with Crippen molar-refractivity contribution >= 4 is 17.8 Å². The Bertz CT molecular complexity index is 994. The van der Waals surface area contributed by atoms with Crippen LogP contribution in [-0.2, 0) is 4.74 Å². The number of carbonyl (C=O) groups excluding carboxylic acids is 2. The number of nitrogens with zero attached hydrogens (tertiary/aromatic N) is 5. The molecule has 29 heavy (non-hydrogen) atoms. The lowest BCUT2D eigenvalue weighted by Gasteiger charge is -2.51. The molecule has 0 saturated carbocycles. The van der Waals surface area contributed by atoms with Crippen molar-refractivity contribution in [3.63, 3.8) is 0 Å². The fraction of sp³-hybridized carbons (Fsp3) is 0.400. The van der Waals surface area contributed by atoms with E-state index in [0.29, 0.717) is 44.1 Å². The van der Waals surface area contributed by atoms with Gasteiger partial charge in [0.25, 0.3) is 5.91 Å². The third-order valence-corrected chi connectivity index (χ3v) is 5.87. The molecule has 1 unspecified atom stereocenters. The van der Waals surface area contributed by atoms with Crippen LogP contribution in [0.25, 0.3) is 0 Å². The molecule has 2 aromatic rings. The van der Waals surface area contributed by atoms with E-state index in [2.05, 4.69) is 9.97 Å². The molecule has 0 bridgehead atoms. The molecular weight excluding hydrogens is 377 g/mol. The molecule has 0 aliphatic carbocycles. The third kappa shape index (κ3) is 2.88. The van der Waals surface area contributed by atoms with Crippen LogP contribution in [0.2, 0.25) is 0 Å². The molecule has 0 radical (unpaired) electrons. The van der Waals surface area contributed by atoms with Crippen LogP contribution in [0.5, 0.6) is 0 Å². The van der Waals surface area contributed by atoms with Crippen molar-refractivity contribution in [1.29, 1.82) is 0 Å². The zero-order chi connectivity index (χ0) is 20.2. The summed E-state index contributed by atoms with van der Waals surface area (Å²) in [5.41, 5.74) is -0.360. The summed E-state index contributed by atoms with van der Waals surface area (Å²) in [5.74, 6) is 0.792. The van der Waals surface area contributed by atoms with Crippen molar-refractivity contribution in [2.45, 2.75) is 18.6 Å². The second-order valence-corrected chi connectivity index (χ2v) is 7.72. The Kier molecular flexibility index (Phi) is 3.94. The number of aromatic nitrogens is 2. The number of anilines is 1. The minimum absolute atomic E-state index is 0.235. The number of benzene rings is 1. The molecule has 1 atom stereocenters. The molecular formula is C20H20FN5O3. The lowest BCUT2D eigenvalue weighted by atomic mass is 9.84. The number of piperazine rings is 1. The van der Waals surface area contributed by atoms with Crippen molar-refractivity contribution in [3.05, 3.63) is 53.7 Å². The minimum atomic E-state index is -0.670. The second-order valence-electron chi connectivity index (χ2n) is 7.72. The van der Waals surface area contributed by atoms with E-state index in [1.807, 2.05) is 17.9 Å². The van der Waals surface area contributed by atoms with Crippen LogP contribution >= 0.6 is 0 Å². The smallest absolute Gasteiger partial charge is 0.411 e. The highest BCUT2D eigenvalue weighted by Gasteiger charge is 2.62. The van der Waals surface area contributed by atoms with Crippen LogP contribution in [0.15, 0.2) is 36.5 Å². The predicted molar refractivity (Wildman–Crippen MR) is 101 cm³/mol. The minimum Gasteiger partial charge on any atom is -0.437 e. The van der Waals surface area contributed by atoms with Gasteiger partial charge in [-0.3, -0.25) is 9.69 Å². The molecule has 4 heterocycles. The van der Waals surface area contributed by atoms with Gasteiger partial charge in [0.1, 0.15) is 17.5 Å². The second kappa shape index (κ2) is 6.40. The number of carbonyl (C=O) groups is 2. The van der Waals surface area contributed by atoms with Gasteiger partial charge in [0.05, 0.1) is 19.1 Å². The number of amides is 2. The number of rotatable bonds is 2. The Labute approximate surface area is 166 Å². The Balaban J connectivity index is 1.34. The van der Waals surface area contributed by atoms with E-state index in [1.165, 1.54) is 18.2 Å². The predicted octanol–water partition coefficient (Wildman–Crippen LogP) is 1.46. The molecule has 2 amide bonds. The zero-order valence-corrected chi connectivity index (χ0v) is 15.9. The van der Waals surface area contributed by atoms with Gasteiger partial charge < -0.3 is 14.5 Å². The molecule has 0 N–H and O–H groups in total. The quantitative estimate of drug-likeness (QED) is 0.764. The summed E-state index contributed by atoms with van der Waals surface area (Å²) in [6.45, 7) is 4.01. The summed E-state index contributed by atoms with van der Waals surface area (Å²) in [7, 11) is 0. The molecule has 1 spiro atoms. The lowest BCUT2D eigenvalue weighted by molar-refractivity contribution is -0.00672. The highest BCUT2D eigenvalue weighted by atomic mass is 19.1. The van der Waals surface area contributed by atoms with Gasteiger partial charge in [-0.25, -0.2) is 19.2 Å². The summed E-state index contributed by atoms with van der Waals surface area (Å²) in [5, 5.41) is 0. The van der Waals surface area contributed by atoms with Gasteiger partial charge >= 0.3 is 6.09 Å². The summed E-state index contributed by atoms with van der Waals surface area (Å²) >= 11 is 0. The molecule has 3 saturated heterocycles. The van der Waals surface area contributed by atoms with Gasteiger partial charge in [0.15, 0.2) is 5.60 Å². The first kappa shape index (κ1) is 17.8. The van der Waals surface area contributed by atoms with E-state index in [1.54, 1.807) is 22.1 Å². The van der Waals surface area contributed by atoms with E-state index < -0.39 is 11.4 Å². The average molecular weight is 397 g/mol. The Morgan fingerprint density at radius 2 is 2.10 bits per heavy atom. The number of ether oxygens (including phenoxy) is 1. The van der Waals surface area contributed by atoms with Crippen molar-refractivity contribution in [2.75, 3.05) is 37.6 Å². The van der Waals surface area contributed by atoms with Crippen LogP contribution in [-0.4, -0.2) is 76.1 Å². The van der Waals surface area contributed by atoms with E-state index in [9.17, 15) is 14.0 Å². The third-order valence-electron chi connectivity index (χ3n) is 5.87. The fourth-order valence-corrected chi connectivity index (χ4v) is 4.40. The zero-order valence-electron chi connectivity index (χ0n) is 15.9. The van der Waals surface area contributed by atoms with E-state index in [-0.39, 0.29) is 18.0 Å². The van der Waals surface area contributed by atoms with Crippen molar-refractivity contribution in [2.24, 2.45) is 0 Å². The van der Waals surface area contributed by atoms with Gasteiger partial charge in [-0.15, -0.1) is 0 Å². The number of aryl methyl sites for hydroxylation is 1. The monoisotopic (exact) mass is 397 g/mol. The summed E-state index contributed by atoms with van der Waals surface area (Å²) in [6.07, 6.45) is 1.36. The molecule has 150 valence electrons. The molecule has 8 nitrogen and oxygen atoms in total. The summed E-state index contributed by atoms with van der Waals surface area (Å²) in [6, 6.07) is 7.27. The molecule has 9 heteroatoms. The first-order chi connectivity index (χ1) is 13.9. The normalized spacial score (nSPS) is 22.3. The van der Waals surface area contributed by atoms with Crippen LogP contribution in [0.3, 0.4) is 0 Å². The van der Waals surface area contributed by atoms with E-state index in [0.717, 1.165) is 5.82 Å². The van der Waals surface area contributed by atoms with Crippen LogP contribution in [0, 0.1) is 12.7 Å². The fourth-order valence-electron chi connectivity index (χ4n) is 4.40. The van der Waals surface area contributed by atoms with Gasteiger partial charge in [0.2, 0.25) is 0 Å². The Hall–Kier alpha value is -3.23. The first-order valence-corrected chi connectivity index (χ1v) is 9.54. The largest absolute Gasteiger partial charge is 0.437 e. The Morgan fingerprint density at radius 1 is 1.28 bits per heavy atom. The topological polar surface area (TPSA) is 78.9 Å². The maximum absolute atomic E-state index is 13.5. The number of hydrogen-bond acceptors (Lipinski definition) is 6. The first-order valence-electron chi connectivity index (χ1n) is 9.54. The standard InChI is InChI=1S/C20H20FN5O3/c1-13-22-6-5-17(23-13)25-11-20(12-25)16-10-24(7-8-26(16)19(28)29-20)18(27)14-3-2-4-15(21)9-14/h2-6,9,16H,7-8,10-12H2,1H3. The van der Waals surface area contributed by atoms with Gasteiger partial charge in [-0.05, 0) is 31.2 Å². The summed E-state index contributed by atoms with van der Waals surface area (Å²) < 4.78 is 19.3. The number of hydrogen-bond donors (Lipinski definition) is 0.